The van der Waals surface area contributed by atoms with Crippen LogP contribution in [0.4, 0.5) is 5.82 Å². The molecule has 0 N–H and O–H groups in total. The minimum Gasteiger partial charge on any atom is -0.497 e. The molecule has 2 aromatic carbocycles. The Morgan fingerprint density at radius 2 is 1.56 bits per heavy atom. The number of ether oxygens (including phenoxy) is 3. The van der Waals surface area contributed by atoms with Gasteiger partial charge in [0.25, 0.3) is 5.91 Å². The van der Waals surface area contributed by atoms with Crippen molar-refractivity contribution in [3.05, 3.63) is 60.2 Å². The van der Waals surface area contributed by atoms with Gasteiger partial charge in [-0.3, -0.25) is 9.59 Å². The Kier molecular flexibility index (Phi) is 9.19. The summed E-state index contributed by atoms with van der Waals surface area (Å²) in [6.07, 6.45) is 0.765. The van der Waals surface area contributed by atoms with Crippen LogP contribution < -0.4 is 19.1 Å². The minimum atomic E-state index is -0.156. The second-order valence-corrected chi connectivity index (χ2v) is 9.17. The van der Waals surface area contributed by atoms with Crippen LogP contribution in [0.1, 0.15) is 23.7 Å². The van der Waals surface area contributed by atoms with Crippen molar-refractivity contribution in [2.45, 2.75) is 13.3 Å². The first-order valence-corrected chi connectivity index (χ1v) is 13.0. The lowest BCUT2D eigenvalue weighted by molar-refractivity contribution is -0.132. The summed E-state index contributed by atoms with van der Waals surface area (Å²) in [5.74, 6) is 2.51. The summed E-state index contributed by atoms with van der Waals surface area (Å²) in [5.41, 5.74) is 2.14. The van der Waals surface area contributed by atoms with Crippen LogP contribution in [0.3, 0.4) is 0 Å². The summed E-state index contributed by atoms with van der Waals surface area (Å²) < 4.78 is 15.9. The van der Waals surface area contributed by atoms with Crippen LogP contribution in [0.5, 0.6) is 17.2 Å². The molecule has 0 aliphatic carbocycles. The molecule has 0 bridgehead atoms. The Morgan fingerprint density at radius 1 is 0.846 bits per heavy atom. The standard InChI is InChI=1S/C29H35N5O5/c1-5-14-34(29(36)21-6-9-23(37-2)10-7-21)20-28(35)33-17-15-32(16-18-33)27-13-11-24(30-31-27)22-8-12-25(38-3)26(19-22)39-4/h6-13,19H,5,14-18,20H2,1-4H3. The number of rotatable bonds is 10. The van der Waals surface area contributed by atoms with E-state index in [1.807, 2.05) is 42.2 Å². The highest BCUT2D eigenvalue weighted by Crippen LogP contribution is 2.31. The quantitative estimate of drug-likeness (QED) is 0.391. The molecule has 1 saturated heterocycles. The maximum atomic E-state index is 13.1. The van der Waals surface area contributed by atoms with E-state index in [2.05, 4.69) is 15.1 Å². The van der Waals surface area contributed by atoms with E-state index in [-0.39, 0.29) is 18.4 Å². The van der Waals surface area contributed by atoms with Gasteiger partial charge in [0.05, 0.1) is 27.0 Å². The smallest absolute Gasteiger partial charge is 0.254 e. The van der Waals surface area contributed by atoms with Gasteiger partial charge in [-0.2, -0.15) is 0 Å². The first-order valence-electron chi connectivity index (χ1n) is 13.0. The van der Waals surface area contributed by atoms with Crippen LogP contribution >= 0.6 is 0 Å². The topological polar surface area (TPSA) is 97.3 Å². The summed E-state index contributed by atoms with van der Waals surface area (Å²) >= 11 is 0. The number of piperazine rings is 1. The Balaban J connectivity index is 1.34. The lowest BCUT2D eigenvalue weighted by Gasteiger charge is -2.36. The van der Waals surface area contributed by atoms with E-state index in [1.54, 1.807) is 50.5 Å². The van der Waals surface area contributed by atoms with E-state index in [0.29, 0.717) is 55.5 Å². The van der Waals surface area contributed by atoms with Gasteiger partial charge in [0.15, 0.2) is 17.3 Å². The molecule has 0 radical (unpaired) electrons. The molecular weight excluding hydrogens is 498 g/mol. The SMILES string of the molecule is CCCN(CC(=O)N1CCN(c2ccc(-c3ccc(OC)c(OC)c3)nn2)CC1)C(=O)c1ccc(OC)cc1. The van der Waals surface area contributed by atoms with E-state index in [9.17, 15) is 9.59 Å². The molecule has 10 nitrogen and oxygen atoms in total. The minimum absolute atomic E-state index is 0.0541. The number of amides is 2. The van der Waals surface area contributed by atoms with E-state index in [0.717, 1.165) is 23.5 Å². The third kappa shape index (κ3) is 6.57. The Bertz CT molecular complexity index is 1260. The Labute approximate surface area is 229 Å². The largest absolute Gasteiger partial charge is 0.497 e. The first-order chi connectivity index (χ1) is 19.0. The third-order valence-corrected chi connectivity index (χ3v) is 6.73. The molecule has 0 unspecified atom stereocenters. The molecule has 3 aromatic rings. The second-order valence-electron chi connectivity index (χ2n) is 9.17. The van der Waals surface area contributed by atoms with Gasteiger partial charge in [-0.25, -0.2) is 0 Å². The van der Waals surface area contributed by atoms with Gasteiger partial charge in [0.2, 0.25) is 5.91 Å². The lowest BCUT2D eigenvalue weighted by Crippen LogP contribution is -2.52. The fraction of sp³-hybridized carbons (Fsp3) is 0.379. The molecule has 2 heterocycles. The Hall–Kier alpha value is -4.34. The maximum absolute atomic E-state index is 13.1. The molecule has 1 fully saturated rings. The van der Waals surface area contributed by atoms with E-state index in [1.165, 1.54) is 0 Å². The molecule has 2 amide bonds. The highest BCUT2D eigenvalue weighted by molar-refractivity contribution is 5.96. The predicted octanol–water partition coefficient (Wildman–Crippen LogP) is 3.37. The van der Waals surface area contributed by atoms with E-state index in [4.69, 9.17) is 14.2 Å². The fourth-order valence-corrected chi connectivity index (χ4v) is 4.53. The number of methoxy groups -OCH3 is 3. The van der Waals surface area contributed by atoms with Crippen molar-refractivity contribution in [2.75, 3.05) is 65.5 Å². The van der Waals surface area contributed by atoms with E-state index >= 15 is 0 Å². The third-order valence-electron chi connectivity index (χ3n) is 6.73. The first kappa shape index (κ1) is 27.7. The van der Waals surface area contributed by atoms with Crippen molar-refractivity contribution in [1.29, 1.82) is 0 Å². The van der Waals surface area contributed by atoms with Crippen molar-refractivity contribution in [1.82, 2.24) is 20.0 Å². The van der Waals surface area contributed by atoms with Crippen molar-refractivity contribution in [3.63, 3.8) is 0 Å². The molecule has 1 aliphatic rings. The zero-order chi connectivity index (χ0) is 27.8. The number of aromatic nitrogens is 2. The molecule has 0 saturated carbocycles. The monoisotopic (exact) mass is 533 g/mol. The van der Waals surface area contributed by atoms with Gasteiger partial charge >= 0.3 is 0 Å². The van der Waals surface area contributed by atoms with Crippen LogP contribution in [0.25, 0.3) is 11.3 Å². The summed E-state index contributed by atoms with van der Waals surface area (Å²) in [6.45, 7) is 4.93. The van der Waals surface area contributed by atoms with Crippen LogP contribution in [0, 0.1) is 0 Å². The predicted molar refractivity (Wildman–Crippen MR) is 149 cm³/mol. The summed E-state index contributed by atoms with van der Waals surface area (Å²) in [6, 6.07) is 16.4. The number of anilines is 1. The van der Waals surface area contributed by atoms with Gasteiger partial charge in [-0.15, -0.1) is 10.2 Å². The molecule has 39 heavy (non-hydrogen) atoms. The van der Waals surface area contributed by atoms with E-state index < -0.39 is 0 Å². The van der Waals surface area contributed by atoms with Crippen molar-refractivity contribution >= 4 is 17.6 Å². The van der Waals surface area contributed by atoms with Gasteiger partial charge in [0.1, 0.15) is 12.3 Å². The number of carbonyl (C=O) groups excluding carboxylic acids is 2. The summed E-state index contributed by atoms with van der Waals surface area (Å²) in [5, 5.41) is 8.83. The molecule has 1 aliphatic heterocycles. The molecule has 10 heteroatoms. The van der Waals surface area contributed by atoms with Gasteiger partial charge in [0, 0.05) is 43.9 Å². The Morgan fingerprint density at radius 3 is 2.15 bits per heavy atom. The maximum Gasteiger partial charge on any atom is 0.254 e. The summed E-state index contributed by atoms with van der Waals surface area (Å²) in [7, 11) is 4.78. The molecule has 1 aromatic heterocycles. The van der Waals surface area contributed by atoms with Gasteiger partial charge in [-0.1, -0.05) is 6.92 Å². The van der Waals surface area contributed by atoms with Crippen molar-refractivity contribution < 1.29 is 23.8 Å². The molecular formula is C29H35N5O5. The molecule has 0 spiro atoms. The van der Waals surface area contributed by atoms with Crippen molar-refractivity contribution in [2.24, 2.45) is 0 Å². The zero-order valence-corrected chi connectivity index (χ0v) is 22.9. The number of carbonyl (C=O) groups is 2. The normalized spacial score (nSPS) is 13.1. The molecule has 4 rings (SSSR count). The molecule has 0 atom stereocenters. The van der Waals surface area contributed by atoms with Crippen LogP contribution in [0.2, 0.25) is 0 Å². The number of benzene rings is 2. The lowest BCUT2D eigenvalue weighted by atomic mass is 10.1. The fourth-order valence-electron chi connectivity index (χ4n) is 4.53. The number of hydrogen-bond donors (Lipinski definition) is 0. The van der Waals surface area contributed by atoms with Crippen LogP contribution in [0.15, 0.2) is 54.6 Å². The number of nitrogens with zero attached hydrogens (tertiary/aromatic N) is 5. The summed E-state index contributed by atoms with van der Waals surface area (Å²) in [4.78, 5) is 31.7. The highest BCUT2D eigenvalue weighted by Gasteiger charge is 2.26. The van der Waals surface area contributed by atoms with Gasteiger partial charge < -0.3 is 28.9 Å². The van der Waals surface area contributed by atoms with Gasteiger partial charge in [-0.05, 0) is 61.0 Å². The van der Waals surface area contributed by atoms with Crippen LogP contribution in [-0.4, -0.2) is 92.4 Å². The average Bonchev–Trinajstić information content (AvgIpc) is 3.00. The average molecular weight is 534 g/mol. The van der Waals surface area contributed by atoms with Crippen LogP contribution in [-0.2, 0) is 4.79 Å². The number of hydrogen-bond acceptors (Lipinski definition) is 8. The second kappa shape index (κ2) is 12.9. The molecule has 206 valence electrons. The van der Waals surface area contributed by atoms with Crippen molar-refractivity contribution in [3.8, 4) is 28.5 Å². The highest BCUT2D eigenvalue weighted by atomic mass is 16.5. The zero-order valence-electron chi connectivity index (χ0n) is 22.9.